The third-order valence-corrected chi connectivity index (χ3v) is 7.47. The number of aromatic nitrogens is 1. The van der Waals surface area contributed by atoms with Crippen LogP contribution in [0.4, 0.5) is 0 Å². The van der Waals surface area contributed by atoms with Crippen molar-refractivity contribution in [2.75, 3.05) is 13.2 Å². The number of fused-ring (bicyclic) bond motifs is 1. The monoisotopic (exact) mass is 684 g/mol. The predicted molar refractivity (Wildman–Crippen MR) is 176 cm³/mol. The molecule has 0 aliphatic heterocycles. The van der Waals surface area contributed by atoms with E-state index in [9.17, 15) is 14.9 Å². The number of nitrogens with one attached hydrogen (secondary N) is 2. The molecular weight excluding hydrogens is 660 g/mol. The van der Waals surface area contributed by atoms with Gasteiger partial charge in [-0.05, 0) is 62.4 Å². The number of hydrogen-bond acceptors (Lipinski definition) is 7. The lowest BCUT2D eigenvalue weighted by Crippen LogP contribution is -2.19. The van der Waals surface area contributed by atoms with Gasteiger partial charge in [-0.25, -0.2) is 10.2 Å². The Morgan fingerprint density at radius 2 is 1.73 bits per heavy atom. The summed E-state index contributed by atoms with van der Waals surface area (Å²) in [5.74, 6) is 0.00113. The van der Waals surface area contributed by atoms with Crippen molar-refractivity contribution in [3.63, 3.8) is 0 Å². The molecule has 0 saturated carbocycles. The third-order valence-electron chi connectivity index (χ3n) is 6.65. The molecule has 5 rings (SSSR count). The van der Waals surface area contributed by atoms with Crippen molar-refractivity contribution in [3.05, 3.63) is 111 Å². The Morgan fingerprint density at radius 1 is 0.978 bits per heavy atom. The molecule has 0 radical (unpaired) electrons. The summed E-state index contributed by atoms with van der Waals surface area (Å²) in [6.45, 7) is 4.55. The van der Waals surface area contributed by atoms with Gasteiger partial charge in [-0.1, -0.05) is 57.9 Å². The van der Waals surface area contributed by atoms with Gasteiger partial charge >= 0.3 is 5.97 Å². The van der Waals surface area contributed by atoms with Gasteiger partial charge in [-0.3, -0.25) is 4.79 Å². The number of amides is 1. The Bertz CT molecular complexity index is 1980. The molecule has 1 amide bonds. The van der Waals surface area contributed by atoms with Crippen molar-refractivity contribution < 1.29 is 23.8 Å². The number of rotatable bonds is 10. The van der Waals surface area contributed by atoms with Gasteiger partial charge in [-0.2, -0.15) is 10.4 Å². The van der Waals surface area contributed by atoms with Crippen molar-refractivity contribution in [1.29, 1.82) is 5.26 Å². The summed E-state index contributed by atoms with van der Waals surface area (Å²) in [6.07, 6.45) is 1.37. The van der Waals surface area contributed by atoms with Crippen LogP contribution in [0.15, 0.2) is 88.4 Å². The van der Waals surface area contributed by atoms with Crippen molar-refractivity contribution in [2.45, 2.75) is 13.8 Å². The normalized spacial score (nSPS) is 10.9. The van der Waals surface area contributed by atoms with E-state index in [0.29, 0.717) is 67.4 Å². The number of carbonyl (C=O) groups is 2. The Kier molecular flexibility index (Phi) is 9.82. The van der Waals surface area contributed by atoms with E-state index in [2.05, 4.69) is 37.5 Å². The van der Waals surface area contributed by atoms with E-state index in [1.807, 2.05) is 26.0 Å². The minimum atomic E-state index is -0.615. The Hall–Kier alpha value is -5.11. The van der Waals surface area contributed by atoms with Crippen molar-refractivity contribution >= 4 is 56.5 Å². The van der Waals surface area contributed by atoms with Gasteiger partial charge in [0.25, 0.3) is 5.91 Å². The summed E-state index contributed by atoms with van der Waals surface area (Å²) in [6, 6.07) is 24.4. The summed E-state index contributed by atoms with van der Waals surface area (Å²) in [5.41, 5.74) is 5.45. The standard InChI is InChI=1S/C34H26BrClN4O5/c1-3-43-28-14-12-20(17-29(28)44-4-2)34(42)45-27-15-13-23(35)16-22(27)19-38-40-33(41)32-30(24-9-5-6-11-26(24)36)25-10-7-8-21(18-37)31(25)39-32/h5-17,19,39H,3-4H2,1-2H3,(H,40,41). The lowest BCUT2D eigenvalue weighted by Gasteiger charge is -2.13. The molecule has 0 bridgehead atoms. The maximum Gasteiger partial charge on any atom is 0.343 e. The molecule has 0 unspecified atom stereocenters. The number of H-pyrrole nitrogens is 1. The number of halogens is 2. The number of esters is 1. The second-order valence-electron chi connectivity index (χ2n) is 9.49. The van der Waals surface area contributed by atoms with Crippen LogP contribution in [0.25, 0.3) is 22.0 Å². The average molecular weight is 686 g/mol. The van der Waals surface area contributed by atoms with Gasteiger partial charge in [0.1, 0.15) is 17.5 Å². The highest BCUT2D eigenvalue weighted by Gasteiger charge is 2.22. The first kappa shape index (κ1) is 31.3. The van der Waals surface area contributed by atoms with Crippen LogP contribution in [0, 0.1) is 11.3 Å². The van der Waals surface area contributed by atoms with E-state index in [4.69, 9.17) is 25.8 Å². The fourth-order valence-corrected chi connectivity index (χ4v) is 5.30. The lowest BCUT2D eigenvalue weighted by atomic mass is 10.0. The third kappa shape index (κ3) is 6.85. The molecule has 11 heteroatoms. The zero-order chi connectivity index (χ0) is 31.9. The molecule has 2 N–H and O–H groups in total. The number of benzene rings is 4. The second-order valence-corrected chi connectivity index (χ2v) is 10.8. The fourth-order valence-electron chi connectivity index (χ4n) is 4.69. The lowest BCUT2D eigenvalue weighted by molar-refractivity contribution is 0.0733. The van der Waals surface area contributed by atoms with Crippen LogP contribution in [-0.2, 0) is 0 Å². The zero-order valence-electron chi connectivity index (χ0n) is 24.2. The highest BCUT2D eigenvalue weighted by molar-refractivity contribution is 9.10. The van der Waals surface area contributed by atoms with Gasteiger partial charge in [-0.15, -0.1) is 0 Å². The Balaban J connectivity index is 1.42. The SMILES string of the molecule is CCOc1ccc(C(=O)Oc2ccc(Br)cc2C=NNC(=O)c2[nH]c3c(C#N)cccc3c2-c2ccccc2Cl)cc1OCC. The van der Waals surface area contributed by atoms with E-state index in [0.717, 1.165) is 0 Å². The molecule has 1 aromatic heterocycles. The first-order valence-corrected chi connectivity index (χ1v) is 15.1. The van der Waals surface area contributed by atoms with Gasteiger partial charge in [0.05, 0.1) is 36.1 Å². The first-order chi connectivity index (χ1) is 21.8. The molecule has 5 aromatic rings. The summed E-state index contributed by atoms with van der Waals surface area (Å²) in [5, 5.41) is 14.9. The van der Waals surface area contributed by atoms with Crippen LogP contribution in [0.1, 0.15) is 45.8 Å². The van der Waals surface area contributed by atoms with E-state index in [1.165, 1.54) is 6.21 Å². The van der Waals surface area contributed by atoms with Crippen LogP contribution in [0.5, 0.6) is 17.2 Å². The van der Waals surface area contributed by atoms with E-state index < -0.39 is 11.9 Å². The number of nitriles is 1. The maximum atomic E-state index is 13.5. The van der Waals surface area contributed by atoms with Crippen molar-refractivity contribution in [3.8, 4) is 34.4 Å². The molecule has 226 valence electrons. The number of ether oxygens (including phenoxy) is 3. The van der Waals surface area contributed by atoms with Crippen LogP contribution >= 0.6 is 27.5 Å². The Morgan fingerprint density at radius 3 is 2.49 bits per heavy atom. The first-order valence-electron chi connectivity index (χ1n) is 13.9. The number of hydrazone groups is 1. The minimum Gasteiger partial charge on any atom is -0.490 e. The second kappa shape index (κ2) is 14.1. The largest absolute Gasteiger partial charge is 0.490 e. The highest BCUT2D eigenvalue weighted by atomic mass is 79.9. The van der Waals surface area contributed by atoms with Crippen LogP contribution < -0.4 is 19.6 Å². The van der Waals surface area contributed by atoms with Gasteiger partial charge in [0, 0.05) is 31.6 Å². The molecule has 45 heavy (non-hydrogen) atoms. The molecule has 0 aliphatic carbocycles. The smallest absolute Gasteiger partial charge is 0.343 e. The van der Waals surface area contributed by atoms with Crippen LogP contribution in [-0.4, -0.2) is 36.3 Å². The molecular formula is C34H26BrClN4O5. The minimum absolute atomic E-state index is 0.180. The summed E-state index contributed by atoms with van der Waals surface area (Å²) in [4.78, 5) is 29.7. The van der Waals surface area contributed by atoms with Crippen LogP contribution in [0.3, 0.4) is 0 Å². The maximum absolute atomic E-state index is 13.5. The fraction of sp³-hybridized carbons (Fsp3) is 0.118. The average Bonchev–Trinajstić information content (AvgIpc) is 3.43. The number of hydrogen-bond donors (Lipinski definition) is 2. The summed E-state index contributed by atoms with van der Waals surface area (Å²) < 4.78 is 17.6. The van der Waals surface area contributed by atoms with E-state index >= 15 is 0 Å². The molecule has 0 fully saturated rings. The number of aromatic amines is 1. The molecule has 0 spiro atoms. The van der Waals surface area contributed by atoms with Gasteiger partial charge in [0.15, 0.2) is 11.5 Å². The topological polar surface area (TPSA) is 126 Å². The van der Waals surface area contributed by atoms with Crippen molar-refractivity contribution in [2.24, 2.45) is 5.10 Å². The quantitative estimate of drug-likeness (QED) is 0.0666. The number of nitrogens with zero attached hydrogens (tertiary/aromatic N) is 2. The number of carbonyl (C=O) groups excluding carboxylic acids is 2. The number of para-hydroxylation sites is 1. The summed E-state index contributed by atoms with van der Waals surface area (Å²) in [7, 11) is 0. The van der Waals surface area contributed by atoms with E-state index in [-0.39, 0.29) is 17.0 Å². The molecule has 0 saturated heterocycles. The van der Waals surface area contributed by atoms with Gasteiger partial charge < -0.3 is 19.2 Å². The molecule has 4 aromatic carbocycles. The Labute approximate surface area is 272 Å². The highest BCUT2D eigenvalue weighted by Crippen LogP contribution is 2.37. The molecule has 9 nitrogen and oxygen atoms in total. The zero-order valence-corrected chi connectivity index (χ0v) is 26.5. The van der Waals surface area contributed by atoms with Gasteiger partial charge in [0.2, 0.25) is 0 Å². The molecule has 0 aliphatic rings. The van der Waals surface area contributed by atoms with Crippen molar-refractivity contribution in [1.82, 2.24) is 10.4 Å². The molecule has 0 atom stereocenters. The van der Waals surface area contributed by atoms with Crippen LogP contribution in [0.2, 0.25) is 5.02 Å². The summed E-state index contributed by atoms with van der Waals surface area (Å²) >= 11 is 9.94. The van der Waals surface area contributed by atoms with E-state index in [1.54, 1.807) is 66.7 Å². The predicted octanol–water partition coefficient (Wildman–Crippen LogP) is 7.90. The molecule has 1 heterocycles.